The number of nitrogens with zero attached hydrogens (tertiary/aromatic N) is 2. The minimum absolute atomic E-state index is 0.0914. The molecular formula is C12H16FN3O3S. The molecule has 110 valence electrons. The summed E-state index contributed by atoms with van der Waals surface area (Å²) < 4.78 is 39.4. The first kappa shape index (κ1) is 14.7. The van der Waals surface area contributed by atoms with E-state index in [0.29, 0.717) is 6.54 Å². The third kappa shape index (κ3) is 2.48. The fourth-order valence-electron chi connectivity index (χ4n) is 2.00. The molecular weight excluding hydrogens is 285 g/mol. The molecule has 0 unspecified atom stereocenters. The largest absolute Gasteiger partial charge is 0.396 e. The summed E-state index contributed by atoms with van der Waals surface area (Å²) >= 11 is 0. The van der Waals surface area contributed by atoms with E-state index in [0.717, 1.165) is 10.4 Å². The number of nitrogen functional groups attached to an aromatic ring is 1. The number of amides is 1. The molecule has 0 aromatic heterocycles. The van der Waals surface area contributed by atoms with Crippen LogP contribution in [-0.4, -0.2) is 50.2 Å². The van der Waals surface area contributed by atoms with Crippen molar-refractivity contribution in [2.45, 2.75) is 11.8 Å². The standard InChI is InChI=1S/C12H16FN3O3S/c1-8-5-9(6-10(14)12(8)13)20(18,19)16-4-3-15(2)11(17)7-16/h5-6H,3-4,7,14H2,1-2H3. The molecule has 6 nitrogen and oxygen atoms in total. The van der Waals surface area contributed by atoms with E-state index >= 15 is 0 Å². The van der Waals surface area contributed by atoms with Crippen LogP contribution in [0.2, 0.25) is 0 Å². The maximum atomic E-state index is 13.5. The molecule has 1 aromatic carbocycles. The highest BCUT2D eigenvalue weighted by atomic mass is 32.2. The number of nitrogens with two attached hydrogens (primary N) is 1. The Balaban J connectivity index is 2.38. The molecule has 0 atom stereocenters. The minimum atomic E-state index is -3.84. The van der Waals surface area contributed by atoms with Gasteiger partial charge >= 0.3 is 0 Å². The number of carbonyl (C=O) groups is 1. The predicted octanol–water partition coefficient (Wildman–Crippen LogP) is 0.179. The molecule has 0 spiro atoms. The van der Waals surface area contributed by atoms with Crippen LogP contribution in [0, 0.1) is 12.7 Å². The summed E-state index contributed by atoms with van der Waals surface area (Å²) in [5.41, 5.74) is 5.40. The van der Waals surface area contributed by atoms with E-state index in [1.807, 2.05) is 0 Å². The number of aryl methyl sites for hydroxylation is 1. The number of hydrogen-bond donors (Lipinski definition) is 1. The molecule has 1 aromatic rings. The fraction of sp³-hybridized carbons (Fsp3) is 0.417. The van der Waals surface area contributed by atoms with Gasteiger partial charge in [0.1, 0.15) is 5.82 Å². The highest BCUT2D eigenvalue weighted by molar-refractivity contribution is 7.89. The third-order valence-electron chi connectivity index (χ3n) is 3.32. The Kier molecular flexibility index (Phi) is 3.70. The van der Waals surface area contributed by atoms with Crippen molar-refractivity contribution < 1.29 is 17.6 Å². The Morgan fingerprint density at radius 1 is 1.30 bits per heavy atom. The van der Waals surface area contributed by atoms with Crippen LogP contribution < -0.4 is 5.73 Å². The molecule has 2 N–H and O–H groups in total. The fourth-order valence-corrected chi connectivity index (χ4v) is 3.50. The van der Waals surface area contributed by atoms with Gasteiger partial charge in [0.05, 0.1) is 17.1 Å². The molecule has 1 amide bonds. The molecule has 0 bridgehead atoms. The van der Waals surface area contributed by atoms with E-state index in [1.165, 1.54) is 17.9 Å². The van der Waals surface area contributed by atoms with Crippen LogP contribution in [0.5, 0.6) is 0 Å². The predicted molar refractivity (Wildman–Crippen MR) is 71.9 cm³/mol. The Labute approximate surface area is 117 Å². The lowest BCUT2D eigenvalue weighted by molar-refractivity contribution is -0.132. The second-order valence-electron chi connectivity index (χ2n) is 4.80. The van der Waals surface area contributed by atoms with Gasteiger partial charge in [-0.25, -0.2) is 12.8 Å². The van der Waals surface area contributed by atoms with Gasteiger partial charge in [0.25, 0.3) is 0 Å². The summed E-state index contributed by atoms with van der Waals surface area (Å²) in [6.07, 6.45) is 0. The first-order valence-corrected chi connectivity index (χ1v) is 7.47. The van der Waals surface area contributed by atoms with E-state index in [1.54, 1.807) is 7.05 Å². The lowest BCUT2D eigenvalue weighted by atomic mass is 10.2. The smallest absolute Gasteiger partial charge is 0.243 e. The first-order valence-electron chi connectivity index (χ1n) is 6.03. The second-order valence-corrected chi connectivity index (χ2v) is 6.74. The number of sulfonamides is 1. The third-order valence-corrected chi connectivity index (χ3v) is 5.14. The number of carbonyl (C=O) groups excluding carboxylic acids is 1. The normalized spacial score (nSPS) is 17.6. The summed E-state index contributed by atoms with van der Waals surface area (Å²) in [5.74, 6) is -0.898. The average molecular weight is 301 g/mol. The second kappa shape index (κ2) is 5.02. The molecule has 1 aliphatic heterocycles. The highest BCUT2D eigenvalue weighted by Crippen LogP contribution is 2.24. The topological polar surface area (TPSA) is 83.7 Å². The molecule has 0 saturated carbocycles. The van der Waals surface area contributed by atoms with Crippen molar-refractivity contribution in [3.8, 4) is 0 Å². The Hall–Kier alpha value is -1.67. The zero-order valence-electron chi connectivity index (χ0n) is 11.3. The quantitative estimate of drug-likeness (QED) is 0.790. The summed E-state index contributed by atoms with van der Waals surface area (Å²) in [5, 5.41) is 0. The van der Waals surface area contributed by atoms with Gasteiger partial charge < -0.3 is 10.6 Å². The Morgan fingerprint density at radius 2 is 1.95 bits per heavy atom. The highest BCUT2D eigenvalue weighted by Gasteiger charge is 2.32. The molecule has 1 fully saturated rings. The van der Waals surface area contributed by atoms with Gasteiger partial charge in [-0.1, -0.05) is 0 Å². The maximum Gasteiger partial charge on any atom is 0.243 e. The number of rotatable bonds is 2. The van der Waals surface area contributed by atoms with Crippen LogP contribution in [0.4, 0.5) is 10.1 Å². The van der Waals surface area contributed by atoms with Crippen LogP contribution >= 0.6 is 0 Å². The van der Waals surface area contributed by atoms with E-state index in [2.05, 4.69) is 0 Å². The first-order chi connectivity index (χ1) is 9.23. The average Bonchev–Trinajstić information content (AvgIpc) is 2.38. The number of benzene rings is 1. The monoisotopic (exact) mass is 301 g/mol. The van der Waals surface area contributed by atoms with Crippen molar-refractivity contribution in [1.82, 2.24) is 9.21 Å². The van der Waals surface area contributed by atoms with Gasteiger partial charge in [-0.05, 0) is 24.6 Å². The van der Waals surface area contributed by atoms with Gasteiger partial charge in [0.15, 0.2) is 0 Å². The zero-order valence-corrected chi connectivity index (χ0v) is 12.1. The van der Waals surface area contributed by atoms with Crippen molar-refractivity contribution in [2.75, 3.05) is 32.4 Å². The molecule has 8 heteroatoms. The van der Waals surface area contributed by atoms with Gasteiger partial charge in [-0.15, -0.1) is 0 Å². The number of anilines is 1. The number of piperazine rings is 1. The number of likely N-dealkylation sites (N-methyl/N-ethyl adjacent to an activating group) is 1. The van der Waals surface area contributed by atoms with Crippen molar-refractivity contribution in [3.05, 3.63) is 23.5 Å². The van der Waals surface area contributed by atoms with E-state index < -0.39 is 15.8 Å². The van der Waals surface area contributed by atoms with Gasteiger partial charge in [-0.3, -0.25) is 4.79 Å². The van der Waals surface area contributed by atoms with Gasteiger partial charge in [0.2, 0.25) is 15.9 Å². The summed E-state index contributed by atoms with van der Waals surface area (Å²) in [6, 6.07) is 2.31. The molecule has 0 aliphatic carbocycles. The molecule has 2 rings (SSSR count). The number of halogens is 1. The Morgan fingerprint density at radius 3 is 2.50 bits per heavy atom. The lowest BCUT2D eigenvalue weighted by Crippen LogP contribution is -2.50. The van der Waals surface area contributed by atoms with Crippen molar-refractivity contribution in [3.63, 3.8) is 0 Å². The Bertz CT molecular complexity index is 637. The van der Waals surface area contributed by atoms with Crippen LogP contribution in [0.15, 0.2) is 17.0 Å². The maximum absolute atomic E-state index is 13.5. The summed E-state index contributed by atoms with van der Waals surface area (Å²) in [4.78, 5) is 13.0. The SMILES string of the molecule is Cc1cc(S(=O)(=O)N2CCN(C)C(=O)C2)cc(N)c1F. The minimum Gasteiger partial charge on any atom is -0.396 e. The van der Waals surface area contributed by atoms with E-state index in [9.17, 15) is 17.6 Å². The van der Waals surface area contributed by atoms with Crippen LogP contribution in [0.25, 0.3) is 0 Å². The van der Waals surface area contributed by atoms with Crippen molar-refractivity contribution in [2.24, 2.45) is 0 Å². The molecule has 1 heterocycles. The van der Waals surface area contributed by atoms with Gasteiger partial charge in [-0.2, -0.15) is 4.31 Å². The molecule has 1 saturated heterocycles. The molecule has 1 aliphatic rings. The molecule has 20 heavy (non-hydrogen) atoms. The molecule has 0 radical (unpaired) electrons. The van der Waals surface area contributed by atoms with Crippen LogP contribution in [0.3, 0.4) is 0 Å². The van der Waals surface area contributed by atoms with E-state index in [4.69, 9.17) is 5.73 Å². The van der Waals surface area contributed by atoms with Crippen molar-refractivity contribution in [1.29, 1.82) is 0 Å². The van der Waals surface area contributed by atoms with Crippen LogP contribution in [0.1, 0.15) is 5.56 Å². The van der Waals surface area contributed by atoms with Gasteiger partial charge in [0, 0.05) is 20.1 Å². The summed E-state index contributed by atoms with van der Waals surface area (Å²) in [6.45, 7) is 1.77. The summed E-state index contributed by atoms with van der Waals surface area (Å²) in [7, 11) is -2.22. The number of hydrogen-bond acceptors (Lipinski definition) is 4. The van der Waals surface area contributed by atoms with E-state index in [-0.39, 0.29) is 35.1 Å². The van der Waals surface area contributed by atoms with Crippen molar-refractivity contribution >= 4 is 21.6 Å². The van der Waals surface area contributed by atoms with Crippen LogP contribution in [-0.2, 0) is 14.8 Å². The lowest BCUT2D eigenvalue weighted by Gasteiger charge is -2.31. The zero-order chi connectivity index (χ0) is 15.1.